The Labute approximate surface area is 239 Å². The fraction of sp³-hybridized carbons (Fsp3) is 0.300. The van der Waals surface area contributed by atoms with Gasteiger partial charge in [0.25, 0.3) is 0 Å². The van der Waals surface area contributed by atoms with Crippen LogP contribution in [0.5, 0.6) is 5.75 Å². The number of rotatable bonds is 8. The standard InChI is InChI=1S/C30H32ClN3O5S/c1-4-38-30(35)29-26-19-24(39-40(36,37)25-12-5-21(2)6-13-25)11-14-27(26)34(23-9-7-22(31)8-10-23)28(29)20-33-17-15-32(3)16-18-33/h5-14,19H,4,15-18,20H2,1-3H3. The summed E-state index contributed by atoms with van der Waals surface area (Å²) in [5, 5.41) is 1.15. The highest BCUT2D eigenvalue weighted by atomic mass is 35.5. The number of fused-ring (bicyclic) bond motifs is 1. The van der Waals surface area contributed by atoms with Crippen molar-refractivity contribution in [3.63, 3.8) is 0 Å². The Bertz CT molecular complexity index is 1620. The molecule has 0 radical (unpaired) electrons. The molecule has 40 heavy (non-hydrogen) atoms. The average Bonchev–Trinajstić information content (AvgIpc) is 3.23. The van der Waals surface area contributed by atoms with Gasteiger partial charge in [0, 0.05) is 48.8 Å². The zero-order valence-electron chi connectivity index (χ0n) is 22.8. The molecule has 5 rings (SSSR count). The summed E-state index contributed by atoms with van der Waals surface area (Å²) in [6, 6.07) is 18.9. The van der Waals surface area contributed by atoms with Crippen molar-refractivity contribution in [3.8, 4) is 11.4 Å². The number of hydrogen-bond acceptors (Lipinski definition) is 7. The molecule has 1 aromatic heterocycles. The number of nitrogens with zero attached hydrogens (tertiary/aromatic N) is 3. The number of likely N-dealkylation sites (N-methyl/N-ethyl adjacent to an activating group) is 1. The lowest BCUT2D eigenvalue weighted by Crippen LogP contribution is -2.44. The molecule has 0 unspecified atom stereocenters. The van der Waals surface area contributed by atoms with Gasteiger partial charge in [-0.1, -0.05) is 29.3 Å². The van der Waals surface area contributed by atoms with Crippen molar-refractivity contribution in [2.24, 2.45) is 0 Å². The molecule has 0 saturated carbocycles. The molecule has 1 saturated heterocycles. The van der Waals surface area contributed by atoms with Crippen LogP contribution in [-0.4, -0.2) is 68.6 Å². The molecule has 2 heterocycles. The maximum atomic E-state index is 13.5. The summed E-state index contributed by atoms with van der Waals surface area (Å²) in [5.41, 5.74) is 3.66. The summed E-state index contributed by atoms with van der Waals surface area (Å²) in [6.07, 6.45) is 0. The molecule has 0 N–H and O–H groups in total. The van der Waals surface area contributed by atoms with E-state index in [0.29, 0.717) is 22.5 Å². The minimum atomic E-state index is -4.08. The van der Waals surface area contributed by atoms with Crippen LogP contribution in [0.15, 0.2) is 71.6 Å². The molecule has 8 nitrogen and oxygen atoms in total. The molecule has 0 bridgehead atoms. The molecule has 0 amide bonds. The molecular formula is C30H32ClN3O5S. The Morgan fingerprint density at radius 2 is 1.62 bits per heavy atom. The predicted octanol–water partition coefficient (Wildman–Crippen LogP) is 5.28. The van der Waals surface area contributed by atoms with Crippen LogP contribution in [-0.2, 0) is 21.4 Å². The quantitative estimate of drug-likeness (QED) is 0.207. The molecule has 10 heteroatoms. The summed E-state index contributed by atoms with van der Waals surface area (Å²) in [4.78, 5) is 18.1. The van der Waals surface area contributed by atoms with Crippen LogP contribution in [0.1, 0.15) is 28.5 Å². The van der Waals surface area contributed by atoms with E-state index in [1.165, 1.54) is 12.1 Å². The number of aromatic nitrogens is 1. The summed E-state index contributed by atoms with van der Waals surface area (Å²) in [7, 11) is -1.99. The first kappa shape index (κ1) is 28.2. The molecule has 1 aliphatic heterocycles. The predicted molar refractivity (Wildman–Crippen MR) is 156 cm³/mol. The average molecular weight is 582 g/mol. The molecule has 210 valence electrons. The van der Waals surface area contributed by atoms with E-state index in [4.69, 9.17) is 20.5 Å². The topological polar surface area (TPSA) is 81.1 Å². The Morgan fingerprint density at radius 1 is 0.950 bits per heavy atom. The van der Waals surface area contributed by atoms with Gasteiger partial charge in [-0.3, -0.25) is 4.90 Å². The second kappa shape index (κ2) is 11.6. The number of carbonyl (C=O) groups excluding carboxylic acids is 1. The Kier molecular flexibility index (Phi) is 8.19. The van der Waals surface area contributed by atoms with Gasteiger partial charge < -0.3 is 18.4 Å². The van der Waals surface area contributed by atoms with Crippen LogP contribution in [0.4, 0.5) is 0 Å². The minimum Gasteiger partial charge on any atom is -0.462 e. The third-order valence-corrected chi connectivity index (χ3v) is 8.60. The zero-order valence-corrected chi connectivity index (χ0v) is 24.3. The number of esters is 1. The van der Waals surface area contributed by atoms with E-state index in [0.717, 1.165) is 48.6 Å². The Morgan fingerprint density at radius 3 is 2.27 bits per heavy atom. The van der Waals surface area contributed by atoms with E-state index in [1.807, 2.05) is 23.6 Å². The summed E-state index contributed by atoms with van der Waals surface area (Å²) in [6.45, 7) is 7.91. The number of hydrogen-bond donors (Lipinski definition) is 0. The first-order chi connectivity index (χ1) is 19.2. The van der Waals surface area contributed by atoms with Crippen molar-refractivity contribution in [2.45, 2.75) is 25.3 Å². The van der Waals surface area contributed by atoms with Crippen LogP contribution >= 0.6 is 11.6 Å². The second-order valence-corrected chi connectivity index (χ2v) is 11.9. The van der Waals surface area contributed by atoms with Crippen molar-refractivity contribution in [1.82, 2.24) is 14.4 Å². The second-order valence-electron chi connectivity index (χ2n) is 9.96. The van der Waals surface area contributed by atoms with Crippen LogP contribution in [0.25, 0.3) is 16.6 Å². The summed E-state index contributed by atoms with van der Waals surface area (Å²) >= 11 is 6.20. The third-order valence-electron chi connectivity index (χ3n) is 7.09. The highest BCUT2D eigenvalue weighted by molar-refractivity contribution is 7.87. The van der Waals surface area contributed by atoms with Crippen LogP contribution in [0.3, 0.4) is 0 Å². The maximum Gasteiger partial charge on any atom is 0.340 e. The zero-order chi connectivity index (χ0) is 28.4. The molecule has 3 aromatic carbocycles. The van der Waals surface area contributed by atoms with E-state index in [2.05, 4.69) is 16.8 Å². The van der Waals surface area contributed by atoms with Gasteiger partial charge in [0.2, 0.25) is 0 Å². The van der Waals surface area contributed by atoms with Gasteiger partial charge in [-0.25, -0.2) is 4.79 Å². The summed E-state index contributed by atoms with van der Waals surface area (Å²) < 4.78 is 39.2. The normalized spacial score (nSPS) is 14.9. The number of benzene rings is 3. The largest absolute Gasteiger partial charge is 0.462 e. The van der Waals surface area contributed by atoms with Gasteiger partial charge in [0.15, 0.2) is 0 Å². The van der Waals surface area contributed by atoms with Gasteiger partial charge >= 0.3 is 16.1 Å². The Hall–Kier alpha value is -3.37. The molecule has 0 atom stereocenters. The first-order valence-electron chi connectivity index (χ1n) is 13.2. The van der Waals surface area contributed by atoms with Gasteiger partial charge in [-0.05, 0) is 75.5 Å². The number of ether oxygens (including phenoxy) is 1. The van der Waals surface area contributed by atoms with Gasteiger partial charge in [-0.15, -0.1) is 0 Å². The Balaban J connectivity index is 1.66. The van der Waals surface area contributed by atoms with E-state index in [-0.39, 0.29) is 17.3 Å². The number of aryl methyl sites for hydroxylation is 1. The van der Waals surface area contributed by atoms with Crippen molar-refractivity contribution in [3.05, 3.63) is 88.6 Å². The van der Waals surface area contributed by atoms with Gasteiger partial charge in [0.05, 0.1) is 23.4 Å². The maximum absolute atomic E-state index is 13.5. The molecule has 0 aliphatic carbocycles. The molecule has 1 fully saturated rings. The SMILES string of the molecule is CCOC(=O)c1c(CN2CCN(C)CC2)n(-c2ccc(Cl)cc2)c2ccc(OS(=O)(=O)c3ccc(C)cc3)cc12. The monoisotopic (exact) mass is 581 g/mol. The highest BCUT2D eigenvalue weighted by Gasteiger charge is 2.28. The fourth-order valence-electron chi connectivity index (χ4n) is 4.94. The minimum absolute atomic E-state index is 0.0540. The fourth-order valence-corrected chi connectivity index (χ4v) is 5.99. The van der Waals surface area contributed by atoms with E-state index < -0.39 is 16.1 Å². The van der Waals surface area contributed by atoms with Crippen LogP contribution < -0.4 is 4.18 Å². The van der Waals surface area contributed by atoms with E-state index >= 15 is 0 Å². The van der Waals surface area contributed by atoms with Crippen molar-refractivity contribution < 1.29 is 22.1 Å². The van der Waals surface area contributed by atoms with E-state index in [9.17, 15) is 13.2 Å². The lowest BCUT2D eigenvalue weighted by atomic mass is 10.1. The van der Waals surface area contributed by atoms with Crippen LogP contribution in [0, 0.1) is 6.92 Å². The summed E-state index contributed by atoms with van der Waals surface area (Å²) in [5.74, 6) is -0.360. The lowest BCUT2D eigenvalue weighted by Gasteiger charge is -2.32. The third kappa shape index (κ3) is 5.88. The molecule has 1 aliphatic rings. The number of halogens is 1. The number of carbonyl (C=O) groups is 1. The highest BCUT2D eigenvalue weighted by Crippen LogP contribution is 2.35. The molecule has 4 aromatic rings. The first-order valence-corrected chi connectivity index (χ1v) is 15.0. The van der Waals surface area contributed by atoms with Gasteiger partial charge in [0.1, 0.15) is 10.6 Å². The van der Waals surface area contributed by atoms with Crippen LogP contribution in [0.2, 0.25) is 5.02 Å². The number of piperazine rings is 1. The van der Waals surface area contributed by atoms with Gasteiger partial charge in [-0.2, -0.15) is 8.42 Å². The smallest absolute Gasteiger partial charge is 0.340 e. The van der Waals surface area contributed by atoms with Crippen molar-refractivity contribution >= 4 is 38.6 Å². The molecular weight excluding hydrogens is 550 g/mol. The lowest BCUT2D eigenvalue weighted by molar-refractivity contribution is 0.0525. The van der Waals surface area contributed by atoms with E-state index in [1.54, 1.807) is 49.4 Å². The van der Waals surface area contributed by atoms with Crippen molar-refractivity contribution in [2.75, 3.05) is 39.8 Å². The molecule has 0 spiro atoms. The van der Waals surface area contributed by atoms with Crippen molar-refractivity contribution in [1.29, 1.82) is 0 Å².